The van der Waals surface area contributed by atoms with Crippen LogP contribution in [0.15, 0.2) is 12.3 Å². The van der Waals surface area contributed by atoms with Gasteiger partial charge in [-0.2, -0.15) is 0 Å². The van der Waals surface area contributed by atoms with Gasteiger partial charge in [0.2, 0.25) is 0 Å². The lowest BCUT2D eigenvalue weighted by Gasteiger charge is -1.98. The average Bonchev–Trinajstić information content (AvgIpc) is 2.07. The number of carboxylic acid groups (broad SMARTS) is 1. The molecule has 0 fully saturated rings. The number of nitrogens with zero attached hydrogens (tertiary/aromatic N) is 2. The van der Waals surface area contributed by atoms with Gasteiger partial charge in [0.25, 0.3) is 5.69 Å². The highest BCUT2D eigenvalue weighted by molar-refractivity contribution is 5.71. The van der Waals surface area contributed by atoms with E-state index in [-0.39, 0.29) is 5.69 Å². The first-order valence-electron chi connectivity index (χ1n) is 3.51. The number of hydrogen-bond donors (Lipinski definition) is 1. The van der Waals surface area contributed by atoms with Gasteiger partial charge in [0.1, 0.15) is 11.5 Å². The lowest BCUT2D eigenvalue weighted by molar-refractivity contribution is -0.386. The molecular weight excluding hydrogens is 195 g/mol. The Balaban J connectivity index is 3.14. The van der Waals surface area contributed by atoms with Crippen molar-refractivity contribution in [2.24, 2.45) is 0 Å². The van der Waals surface area contributed by atoms with Crippen LogP contribution in [0.4, 0.5) is 10.1 Å². The zero-order valence-corrected chi connectivity index (χ0v) is 6.81. The second-order valence-electron chi connectivity index (χ2n) is 2.45. The Morgan fingerprint density at radius 2 is 2.36 bits per heavy atom. The van der Waals surface area contributed by atoms with Crippen LogP contribution in [0.5, 0.6) is 0 Å². The molecule has 0 bridgehead atoms. The van der Waals surface area contributed by atoms with Crippen molar-refractivity contribution in [2.45, 2.75) is 6.42 Å². The lowest BCUT2D eigenvalue weighted by atomic mass is 10.2. The number of halogens is 1. The van der Waals surface area contributed by atoms with E-state index in [0.717, 1.165) is 6.20 Å². The summed E-state index contributed by atoms with van der Waals surface area (Å²) in [5.41, 5.74) is -0.878. The van der Waals surface area contributed by atoms with Crippen LogP contribution in [0.1, 0.15) is 5.69 Å². The minimum absolute atomic E-state index is 0.260. The van der Waals surface area contributed by atoms with Crippen LogP contribution in [0, 0.1) is 15.9 Å². The van der Waals surface area contributed by atoms with Crippen LogP contribution in [0.2, 0.25) is 0 Å². The molecule has 0 unspecified atom stereocenters. The summed E-state index contributed by atoms with van der Waals surface area (Å²) in [6.07, 6.45) is 0.141. The molecule has 0 aromatic carbocycles. The van der Waals surface area contributed by atoms with E-state index in [1.807, 2.05) is 0 Å². The Hall–Kier alpha value is -2.05. The van der Waals surface area contributed by atoms with E-state index in [9.17, 15) is 19.3 Å². The Morgan fingerprint density at radius 1 is 1.71 bits per heavy atom. The third kappa shape index (κ3) is 2.22. The topological polar surface area (TPSA) is 93.3 Å². The predicted octanol–water partition coefficient (Wildman–Crippen LogP) is 0.756. The molecule has 1 aromatic heterocycles. The van der Waals surface area contributed by atoms with Gasteiger partial charge in [0, 0.05) is 0 Å². The Bertz CT molecular complexity index is 393. The number of aromatic nitrogens is 1. The molecule has 0 radical (unpaired) electrons. The molecule has 1 aromatic rings. The molecule has 6 nitrogen and oxygen atoms in total. The molecule has 1 heterocycles. The maximum Gasteiger partial charge on any atom is 0.309 e. The van der Waals surface area contributed by atoms with Crippen molar-refractivity contribution in [3.63, 3.8) is 0 Å². The molecule has 0 amide bonds. The molecule has 0 atom stereocenters. The van der Waals surface area contributed by atoms with Crippen LogP contribution in [-0.4, -0.2) is 21.0 Å². The van der Waals surface area contributed by atoms with E-state index in [4.69, 9.17) is 5.11 Å². The van der Waals surface area contributed by atoms with Gasteiger partial charge in [0.15, 0.2) is 0 Å². The molecule has 0 aliphatic heterocycles. The van der Waals surface area contributed by atoms with Gasteiger partial charge in [-0.25, -0.2) is 4.39 Å². The Kier molecular flexibility index (Phi) is 2.70. The van der Waals surface area contributed by atoms with E-state index in [2.05, 4.69) is 4.98 Å². The first kappa shape index (κ1) is 10.0. The molecule has 14 heavy (non-hydrogen) atoms. The van der Waals surface area contributed by atoms with Crippen molar-refractivity contribution >= 4 is 11.7 Å². The molecule has 0 saturated carbocycles. The molecule has 74 valence electrons. The minimum Gasteiger partial charge on any atom is -0.481 e. The number of pyridine rings is 1. The maximum absolute atomic E-state index is 12.5. The van der Waals surface area contributed by atoms with Crippen molar-refractivity contribution in [2.75, 3.05) is 0 Å². The van der Waals surface area contributed by atoms with Crippen molar-refractivity contribution in [3.8, 4) is 0 Å². The average molecular weight is 200 g/mol. The zero-order chi connectivity index (χ0) is 10.7. The fraction of sp³-hybridized carbons (Fsp3) is 0.143. The van der Waals surface area contributed by atoms with E-state index >= 15 is 0 Å². The summed E-state index contributed by atoms with van der Waals surface area (Å²) in [6, 6.07) is 0.644. The number of aliphatic carboxylic acids is 1. The quantitative estimate of drug-likeness (QED) is 0.574. The molecule has 0 aliphatic rings. The maximum atomic E-state index is 12.5. The predicted molar refractivity (Wildman–Crippen MR) is 42.2 cm³/mol. The summed E-state index contributed by atoms with van der Waals surface area (Å²) >= 11 is 0. The summed E-state index contributed by atoms with van der Waals surface area (Å²) < 4.78 is 12.5. The monoisotopic (exact) mass is 200 g/mol. The van der Waals surface area contributed by atoms with Crippen LogP contribution >= 0.6 is 0 Å². The lowest BCUT2D eigenvalue weighted by Crippen LogP contribution is -2.06. The smallest absolute Gasteiger partial charge is 0.309 e. The standard InChI is InChI=1S/C7H5FN2O4/c8-4-1-6(10(13)14)5(9-3-4)2-7(11)12/h1,3H,2H2,(H,11,12). The summed E-state index contributed by atoms with van der Waals surface area (Å²) in [5, 5.41) is 18.7. The van der Waals surface area contributed by atoms with Crippen LogP contribution < -0.4 is 0 Å². The third-order valence-corrected chi connectivity index (χ3v) is 1.43. The largest absolute Gasteiger partial charge is 0.481 e. The number of carbonyl (C=O) groups is 1. The number of rotatable bonds is 3. The fourth-order valence-corrected chi connectivity index (χ4v) is 0.894. The van der Waals surface area contributed by atoms with Crippen molar-refractivity contribution < 1.29 is 19.2 Å². The third-order valence-electron chi connectivity index (χ3n) is 1.43. The highest BCUT2D eigenvalue weighted by Gasteiger charge is 2.18. The SMILES string of the molecule is O=C(O)Cc1ncc(F)cc1[N+](=O)[O-]. The van der Waals surface area contributed by atoms with Crippen LogP contribution in [0.3, 0.4) is 0 Å². The van der Waals surface area contributed by atoms with Crippen LogP contribution in [0.25, 0.3) is 0 Å². The molecular formula is C7H5FN2O4. The van der Waals surface area contributed by atoms with Crippen LogP contribution in [-0.2, 0) is 11.2 Å². The van der Waals surface area contributed by atoms with Gasteiger partial charge in [-0.3, -0.25) is 19.9 Å². The second kappa shape index (κ2) is 3.77. The number of hydrogen-bond acceptors (Lipinski definition) is 4. The molecule has 0 saturated heterocycles. The summed E-state index contributed by atoms with van der Waals surface area (Å²) in [5.74, 6) is -2.13. The molecule has 0 aliphatic carbocycles. The van der Waals surface area contributed by atoms with E-state index in [1.165, 1.54) is 0 Å². The second-order valence-corrected chi connectivity index (χ2v) is 2.45. The van der Waals surface area contributed by atoms with Gasteiger partial charge in [-0.15, -0.1) is 0 Å². The van der Waals surface area contributed by atoms with E-state index in [0.29, 0.717) is 6.07 Å². The van der Waals surface area contributed by atoms with Gasteiger partial charge in [-0.1, -0.05) is 0 Å². The summed E-state index contributed by atoms with van der Waals surface area (Å²) in [7, 11) is 0. The van der Waals surface area contributed by atoms with Crippen molar-refractivity contribution in [3.05, 3.63) is 33.9 Å². The summed E-state index contributed by atoms with van der Waals surface area (Å²) in [6.45, 7) is 0. The highest BCUT2D eigenvalue weighted by atomic mass is 19.1. The van der Waals surface area contributed by atoms with Crippen molar-refractivity contribution in [1.29, 1.82) is 0 Å². The Labute approximate surface area is 77.2 Å². The van der Waals surface area contributed by atoms with Gasteiger partial charge < -0.3 is 5.11 Å². The van der Waals surface area contributed by atoms with E-state index < -0.39 is 28.8 Å². The minimum atomic E-state index is -1.26. The van der Waals surface area contributed by atoms with E-state index in [1.54, 1.807) is 0 Å². The van der Waals surface area contributed by atoms with Gasteiger partial charge >= 0.3 is 5.97 Å². The highest BCUT2D eigenvalue weighted by Crippen LogP contribution is 2.17. The zero-order valence-electron chi connectivity index (χ0n) is 6.81. The molecule has 7 heteroatoms. The molecule has 0 spiro atoms. The number of nitro groups is 1. The number of carboxylic acids is 1. The van der Waals surface area contributed by atoms with Gasteiger partial charge in [0.05, 0.1) is 23.6 Å². The van der Waals surface area contributed by atoms with Gasteiger partial charge in [-0.05, 0) is 0 Å². The first-order chi connectivity index (χ1) is 6.50. The fourth-order valence-electron chi connectivity index (χ4n) is 0.894. The normalized spacial score (nSPS) is 9.79. The van der Waals surface area contributed by atoms with Crippen molar-refractivity contribution in [1.82, 2.24) is 4.98 Å². The molecule has 1 N–H and O–H groups in total. The summed E-state index contributed by atoms with van der Waals surface area (Å²) in [4.78, 5) is 23.1. The first-order valence-corrected chi connectivity index (χ1v) is 3.51. The Morgan fingerprint density at radius 3 is 2.86 bits per heavy atom. The molecule has 1 rings (SSSR count).